The molecule has 1 atom stereocenters. The molecule has 92 valence electrons. The molecule has 0 bridgehead atoms. The monoisotopic (exact) mass is 234 g/mol. The van der Waals surface area contributed by atoms with Gasteiger partial charge < -0.3 is 15.4 Å². The van der Waals surface area contributed by atoms with E-state index in [0.29, 0.717) is 6.54 Å². The van der Waals surface area contributed by atoms with Gasteiger partial charge in [-0.1, -0.05) is 0 Å². The van der Waals surface area contributed by atoms with E-state index in [2.05, 4.69) is 41.0 Å². The van der Waals surface area contributed by atoms with E-state index in [1.165, 1.54) is 0 Å². The molecule has 5 nitrogen and oxygen atoms in total. The molecule has 0 aliphatic rings. The number of H-pyrrole nitrogens is 1. The van der Waals surface area contributed by atoms with Crippen LogP contribution in [-0.2, 0) is 0 Å². The summed E-state index contributed by atoms with van der Waals surface area (Å²) in [5.74, 6) is 0. The van der Waals surface area contributed by atoms with Crippen molar-refractivity contribution < 1.29 is 5.11 Å². The normalized spacial score (nSPS) is 14.1. The average molecular weight is 234 g/mol. The van der Waals surface area contributed by atoms with Crippen molar-refractivity contribution in [1.29, 1.82) is 0 Å². The molecule has 0 unspecified atom stereocenters. The molecule has 2 heterocycles. The van der Waals surface area contributed by atoms with Gasteiger partial charge in [-0.05, 0) is 26.8 Å². The zero-order valence-electron chi connectivity index (χ0n) is 10.4. The topological polar surface area (TPSA) is 73.8 Å². The highest BCUT2D eigenvalue weighted by Crippen LogP contribution is 2.16. The Bertz CT molecular complexity index is 500. The van der Waals surface area contributed by atoms with Gasteiger partial charge in [0.2, 0.25) is 0 Å². The van der Waals surface area contributed by atoms with Crippen LogP contribution in [0.2, 0.25) is 0 Å². The van der Waals surface area contributed by atoms with Crippen LogP contribution >= 0.6 is 0 Å². The molecular formula is C12H18N4O. The summed E-state index contributed by atoms with van der Waals surface area (Å²) in [6, 6.07) is 1.86. The summed E-state index contributed by atoms with van der Waals surface area (Å²) in [7, 11) is 0. The van der Waals surface area contributed by atoms with Crippen molar-refractivity contribution in [3.05, 3.63) is 24.2 Å². The van der Waals surface area contributed by atoms with Crippen LogP contribution in [0, 0.1) is 0 Å². The lowest BCUT2D eigenvalue weighted by Gasteiger charge is -2.22. The third-order valence-corrected chi connectivity index (χ3v) is 2.50. The lowest BCUT2D eigenvalue weighted by atomic mass is 10.1. The molecule has 0 aromatic carbocycles. The van der Waals surface area contributed by atoms with E-state index in [1.54, 1.807) is 12.5 Å². The lowest BCUT2D eigenvalue weighted by molar-refractivity contribution is 0.163. The number of nitrogens with zero attached hydrogens (tertiary/aromatic N) is 2. The Morgan fingerprint density at radius 3 is 2.88 bits per heavy atom. The molecule has 0 amide bonds. The van der Waals surface area contributed by atoms with E-state index < -0.39 is 6.10 Å². The molecule has 0 saturated carbocycles. The summed E-state index contributed by atoms with van der Waals surface area (Å²) in [4.78, 5) is 11.2. The second kappa shape index (κ2) is 4.43. The molecule has 5 heteroatoms. The maximum atomic E-state index is 10.0. The second-order valence-electron chi connectivity index (χ2n) is 5.19. The molecule has 2 aromatic heterocycles. The molecule has 0 saturated heterocycles. The van der Waals surface area contributed by atoms with E-state index in [1.807, 2.05) is 6.07 Å². The minimum atomic E-state index is -0.567. The Morgan fingerprint density at radius 2 is 2.18 bits per heavy atom. The number of β-amino-alcohol motifs (C(OH)–C–C–N with tert-alkyl or cyclic N) is 1. The number of pyridine rings is 1. The first-order valence-corrected chi connectivity index (χ1v) is 5.68. The fraction of sp³-hybridized carbons (Fsp3) is 0.500. The quantitative estimate of drug-likeness (QED) is 0.750. The summed E-state index contributed by atoms with van der Waals surface area (Å²) >= 11 is 0. The summed E-state index contributed by atoms with van der Waals surface area (Å²) in [5.41, 5.74) is 2.29. The molecule has 17 heavy (non-hydrogen) atoms. The lowest BCUT2D eigenvalue weighted by Crippen LogP contribution is -2.38. The third-order valence-electron chi connectivity index (χ3n) is 2.50. The largest absolute Gasteiger partial charge is 0.387 e. The Labute approximate surface area is 100 Å². The van der Waals surface area contributed by atoms with E-state index in [4.69, 9.17) is 0 Å². The Kier molecular flexibility index (Phi) is 3.13. The number of nitrogens with one attached hydrogen (secondary N) is 2. The van der Waals surface area contributed by atoms with E-state index in [-0.39, 0.29) is 5.54 Å². The molecular weight excluding hydrogens is 216 g/mol. The third kappa shape index (κ3) is 3.01. The van der Waals surface area contributed by atoms with Crippen molar-refractivity contribution >= 4 is 11.2 Å². The highest BCUT2D eigenvalue weighted by molar-refractivity contribution is 5.70. The van der Waals surface area contributed by atoms with Gasteiger partial charge in [-0.2, -0.15) is 0 Å². The molecule has 0 aliphatic carbocycles. The number of aromatic nitrogens is 3. The van der Waals surface area contributed by atoms with Crippen molar-refractivity contribution in [3.63, 3.8) is 0 Å². The minimum Gasteiger partial charge on any atom is -0.387 e. The van der Waals surface area contributed by atoms with Crippen molar-refractivity contribution in [3.8, 4) is 0 Å². The van der Waals surface area contributed by atoms with Crippen LogP contribution < -0.4 is 5.32 Å². The van der Waals surface area contributed by atoms with Crippen molar-refractivity contribution in [1.82, 2.24) is 20.3 Å². The SMILES string of the molecule is CC(C)(C)NC[C@H](O)c1cnc2[nH]cnc2c1. The first-order valence-electron chi connectivity index (χ1n) is 5.68. The van der Waals surface area contributed by atoms with Gasteiger partial charge in [0.1, 0.15) is 5.52 Å². The van der Waals surface area contributed by atoms with Gasteiger partial charge in [0.15, 0.2) is 5.65 Å². The number of aliphatic hydroxyl groups excluding tert-OH is 1. The van der Waals surface area contributed by atoms with Crippen LogP contribution in [0.3, 0.4) is 0 Å². The van der Waals surface area contributed by atoms with Gasteiger partial charge in [-0.25, -0.2) is 9.97 Å². The molecule has 0 spiro atoms. The Hall–Kier alpha value is -1.46. The Balaban J connectivity index is 2.10. The zero-order valence-corrected chi connectivity index (χ0v) is 10.4. The van der Waals surface area contributed by atoms with Crippen LogP contribution in [0.4, 0.5) is 0 Å². The summed E-state index contributed by atoms with van der Waals surface area (Å²) in [6.45, 7) is 6.69. The van der Waals surface area contributed by atoms with Gasteiger partial charge in [0, 0.05) is 23.8 Å². The first kappa shape index (κ1) is 12.0. The number of aliphatic hydroxyl groups is 1. The molecule has 0 aliphatic heterocycles. The minimum absolute atomic E-state index is 0.00908. The summed E-state index contributed by atoms with van der Waals surface area (Å²) in [5, 5.41) is 13.3. The maximum absolute atomic E-state index is 10.0. The summed E-state index contributed by atoms with van der Waals surface area (Å²) in [6.07, 6.45) is 2.71. The van der Waals surface area contributed by atoms with Crippen LogP contribution in [0.15, 0.2) is 18.6 Å². The predicted molar refractivity (Wildman–Crippen MR) is 66.6 cm³/mol. The molecule has 0 radical (unpaired) electrons. The number of hydrogen-bond donors (Lipinski definition) is 3. The second-order valence-corrected chi connectivity index (χ2v) is 5.19. The molecule has 0 fully saturated rings. The predicted octanol–water partition coefficient (Wildman–Crippen LogP) is 1.38. The van der Waals surface area contributed by atoms with Crippen molar-refractivity contribution in [2.45, 2.75) is 32.4 Å². The van der Waals surface area contributed by atoms with Gasteiger partial charge in [0.05, 0.1) is 12.4 Å². The number of hydrogen-bond acceptors (Lipinski definition) is 4. The summed E-state index contributed by atoms with van der Waals surface area (Å²) < 4.78 is 0. The highest BCUT2D eigenvalue weighted by atomic mass is 16.3. The number of aromatic amines is 1. The average Bonchev–Trinajstić information content (AvgIpc) is 2.71. The van der Waals surface area contributed by atoms with Crippen LogP contribution in [-0.4, -0.2) is 32.1 Å². The zero-order chi connectivity index (χ0) is 12.5. The highest BCUT2D eigenvalue weighted by Gasteiger charge is 2.14. The smallest absolute Gasteiger partial charge is 0.157 e. The van der Waals surface area contributed by atoms with Crippen molar-refractivity contribution in [2.24, 2.45) is 0 Å². The van der Waals surface area contributed by atoms with Crippen LogP contribution in [0.25, 0.3) is 11.2 Å². The fourth-order valence-electron chi connectivity index (χ4n) is 1.54. The van der Waals surface area contributed by atoms with E-state index in [0.717, 1.165) is 16.7 Å². The van der Waals surface area contributed by atoms with Crippen molar-refractivity contribution in [2.75, 3.05) is 6.54 Å². The number of rotatable bonds is 3. The molecule has 2 aromatic rings. The molecule has 3 N–H and O–H groups in total. The number of fused-ring (bicyclic) bond motifs is 1. The van der Waals surface area contributed by atoms with E-state index >= 15 is 0 Å². The Morgan fingerprint density at radius 1 is 1.41 bits per heavy atom. The van der Waals surface area contributed by atoms with Gasteiger partial charge in [-0.15, -0.1) is 0 Å². The molecule has 2 rings (SSSR count). The number of imidazole rings is 1. The fourth-order valence-corrected chi connectivity index (χ4v) is 1.54. The van der Waals surface area contributed by atoms with Crippen LogP contribution in [0.5, 0.6) is 0 Å². The van der Waals surface area contributed by atoms with Crippen LogP contribution in [0.1, 0.15) is 32.4 Å². The van der Waals surface area contributed by atoms with Gasteiger partial charge in [0.25, 0.3) is 0 Å². The standard InChI is InChI=1S/C12H18N4O/c1-12(2,3)16-6-10(17)8-4-9-11(13-5-8)15-7-14-9/h4-5,7,10,16-17H,6H2,1-3H3,(H,13,14,15)/t10-/m0/s1. The van der Waals surface area contributed by atoms with Gasteiger partial charge >= 0.3 is 0 Å². The van der Waals surface area contributed by atoms with Gasteiger partial charge in [-0.3, -0.25) is 0 Å². The van der Waals surface area contributed by atoms with E-state index in [9.17, 15) is 5.11 Å². The first-order chi connectivity index (χ1) is 7.96. The maximum Gasteiger partial charge on any atom is 0.157 e.